The second-order valence-electron chi connectivity index (χ2n) is 7.49. The van der Waals surface area contributed by atoms with Crippen LogP contribution in [-0.2, 0) is 11.2 Å². The number of hydrogen-bond donors (Lipinski definition) is 0. The maximum absolute atomic E-state index is 13.0. The van der Waals surface area contributed by atoms with E-state index in [1.54, 1.807) is 10.8 Å². The number of piperazine rings is 1. The Kier molecular flexibility index (Phi) is 4.93. The summed E-state index contributed by atoms with van der Waals surface area (Å²) in [7, 11) is 0. The largest absolute Gasteiger partial charge is 0.351 e. The van der Waals surface area contributed by atoms with E-state index >= 15 is 0 Å². The molecule has 0 bridgehead atoms. The smallest absolute Gasteiger partial charge is 0.227 e. The number of nitrogens with zero attached hydrogens (tertiary/aromatic N) is 6. The lowest BCUT2D eigenvalue weighted by molar-refractivity contribution is -0.135. The zero-order chi connectivity index (χ0) is 19.8. The number of fused-ring (bicyclic) bond motifs is 1. The fourth-order valence-corrected chi connectivity index (χ4v) is 4.10. The highest BCUT2D eigenvalue weighted by atomic mass is 35.5. The van der Waals surface area contributed by atoms with Gasteiger partial charge in [-0.25, -0.2) is 0 Å². The molecule has 2 unspecified atom stereocenters. The summed E-state index contributed by atoms with van der Waals surface area (Å²) >= 11 is 6.21. The molecule has 4 rings (SSSR count). The van der Waals surface area contributed by atoms with E-state index in [4.69, 9.17) is 11.6 Å². The van der Waals surface area contributed by atoms with Crippen LogP contribution in [0.3, 0.4) is 0 Å². The first kappa shape index (κ1) is 18.7. The topological polar surface area (TPSA) is 66.6 Å². The fourth-order valence-electron chi connectivity index (χ4n) is 3.90. The summed E-state index contributed by atoms with van der Waals surface area (Å²) in [6.07, 6.45) is 1.96. The van der Waals surface area contributed by atoms with Crippen molar-refractivity contribution in [2.75, 3.05) is 18.0 Å². The Bertz CT molecular complexity index is 1010. The molecule has 3 aromatic rings. The zero-order valence-corrected chi connectivity index (χ0v) is 17.0. The molecule has 7 nitrogen and oxygen atoms in total. The maximum atomic E-state index is 13.0. The summed E-state index contributed by atoms with van der Waals surface area (Å²) in [6, 6.07) is 9.84. The van der Waals surface area contributed by atoms with E-state index in [2.05, 4.69) is 34.0 Å². The van der Waals surface area contributed by atoms with Crippen molar-refractivity contribution in [2.24, 2.45) is 0 Å². The molecule has 2 atom stereocenters. The van der Waals surface area contributed by atoms with Crippen molar-refractivity contribution in [1.82, 2.24) is 24.7 Å². The van der Waals surface area contributed by atoms with Gasteiger partial charge in [0.25, 0.3) is 0 Å². The molecule has 1 saturated heterocycles. The predicted octanol–water partition coefficient (Wildman–Crippen LogP) is 2.75. The van der Waals surface area contributed by atoms with Crippen molar-refractivity contribution in [3.8, 4) is 0 Å². The molecule has 1 aromatic carbocycles. The summed E-state index contributed by atoms with van der Waals surface area (Å²) in [5.41, 5.74) is 2.68. The molecule has 0 spiro atoms. The highest BCUT2D eigenvalue weighted by Gasteiger charge is 2.33. The van der Waals surface area contributed by atoms with Gasteiger partial charge in [0.1, 0.15) is 12.1 Å². The molecule has 0 aliphatic carbocycles. The number of anilines is 1. The van der Waals surface area contributed by atoms with Crippen LogP contribution in [0.15, 0.2) is 36.7 Å². The lowest BCUT2D eigenvalue weighted by atomic mass is 10.0. The molecule has 0 radical (unpaired) electrons. The van der Waals surface area contributed by atoms with Crippen LogP contribution in [0.5, 0.6) is 0 Å². The summed E-state index contributed by atoms with van der Waals surface area (Å²) in [6.45, 7) is 7.58. The van der Waals surface area contributed by atoms with Crippen LogP contribution in [0.2, 0.25) is 5.02 Å². The van der Waals surface area contributed by atoms with Crippen molar-refractivity contribution in [3.63, 3.8) is 0 Å². The number of amides is 1. The first-order valence-electron chi connectivity index (χ1n) is 9.40. The molecular weight excluding hydrogens is 376 g/mol. The van der Waals surface area contributed by atoms with Gasteiger partial charge in [-0.2, -0.15) is 4.52 Å². The van der Waals surface area contributed by atoms with E-state index < -0.39 is 0 Å². The van der Waals surface area contributed by atoms with E-state index in [1.165, 1.54) is 0 Å². The fraction of sp³-hybridized carbons (Fsp3) is 0.400. The Labute approximate surface area is 168 Å². The third-order valence-electron chi connectivity index (χ3n) is 5.27. The quantitative estimate of drug-likeness (QED) is 0.678. The number of rotatable bonds is 3. The Balaban J connectivity index is 1.48. The predicted molar refractivity (Wildman–Crippen MR) is 109 cm³/mol. The molecule has 3 heterocycles. The number of benzene rings is 1. The van der Waals surface area contributed by atoms with Crippen molar-refractivity contribution >= 4 is 29.0 Å². The minimum atomic E-state index is 0.0792. The van der Waals surface area contributed by atoms with Crippen LogP contribution in [0.25, 0.3) is 5.65 Å². The van der Waals surface area contributed by atoms with E-state index in [-0.39, 0.29) is 18.0 Å². The number of carbonyl (C=O) groups excluding carboxylic acids is 1. The molecule has 28 heavy (non-hydrogen) atoms. The second-order valence-corrected chi connectivity index (χ2v) is 7.90. The van der Waals surface area contributed by atoms with Gasteiger partial charge >= 0.3 is 0 Å². The van der Waals surface area contributed by atoms with Crippen molar-refractivity contribution in [1.29, 1.82) is 0 Å². The zero-order valence-electron chi connectivity index (χ0n) is 16.2. The average molecular weight is 399 g/mol. The van der Waals surface area contributed by atoms with Crippen LogP contribution >= 0.6 is 11.6 Å². The Morgan fingerprint density at radius 2 is 1.93 bits per heavy atom. The molecule has 1 aliphatic heterocycles. The first-order valence-corrected chi connectivity index (χ1v) is 9.78. The molecule has 1 aliphatic rings. The van der Waals surface area contributed by atoms with Crippen molar-refractivity contribution in [2.45, 2.75) is 39.3 Å². The van der Waals surface area contributed by atoms with Crippen molar-refractivity contribution < 1.29 is 4.79 Å². The van der Waals surface area contributed by atoms with Crippen molar-refractivity contribution in [3.05, 3.63) is 52.8 Å². The lowest BCUT2D eigenvalue weighted by Gasteiger charge is -2.45. The van der Waals surface area contributed by atoms with E-state index in [0.29, 0.717) is 11.4 Å². The van der Waals surface area contributed by atoms with E-state index in [0.717, 1.165) is 35.7 Å². The second kappa shape index (κ2) is 7.39. The van der Waals surface area contributed by atoms with Gasteiger partial charge in [-0.1, -0.05) is 23.7 Å². The molecule has 146 valence electrons. The Morgan fingerprint density at radius 1 is 1.18 bits per heavy atom. The molecule has 0 saturated carbocycles. The summed E-state index contributed by atoms with van der Waals surface area (Å²) < 4.78 is 1.67. The normalized spacial score (nSPS) is 20.0. The molecule has 1 amide bonds. The van der Waals surface area contributed by atoms with Crippen LogP contribution in [0.4, 0.5) is 5.82 Å². The minimum absolute atomic E-state index is 0.0792. The highest BCUT2D eigenvalue weighted by Crippen LogP contribution is 2.23. The van der Waals surface area contributed by atoms with Crippen LogP contribution in [-0.4, -0.2) is 55.8 Å². The third kappa shape index (κ3) is 3.54. The first-order chi connectivity index (χ1) is 13.4. The van der Waals surface area contributed by atoms with Gasteiger partial charge in [0, 0.05) is 30.2 Å². The Hall–Kier alpha value is -2.67. The summed E-state index contributed by atoms with van der Waals surface area (Å²) in [4.78, 5) is 17.2. The molecular formula is C20H23ClN6O. The minimum Gasteiger partial charge on any atom is -0.351 e. The molecule has 0 N–H and O–H groups in total. The van der Waals surface area contributed by atoms with Gasteiger partial charge in [-0.3, -0.25) is 4.79 Å². The standard InChI is InChI=1S/C20H23ClN6O/c1-13-4-5-16(8-17(13)21)9-20(28)27-14(2)10-25(11-15(27)3)19-7-6-18-23-22-12-26(18)24-19/h4-8,12,14-15H,9-11H2,1-3H3. The van der Waals surface area contributed by atoms with Gasteiger partial charge in [0.2, 0.25) is 5.91 Å². The number of hydrogen-bond acceptors (Lipinski definition) is 5. The van der Waals surface area contributed by atoms with Gasteiger partial charge < -0.3 is 9.80 Å². The molecule has 1 fully saturated rings. The average Bonchev–Trinajstić information content (AvgIpc) is 3.12. The third-order valence-corrected chi connectivity index (χ3v) is 5.68. The number of aromatic nitrogens is 4. The molecule has 8 heteroatoms. The highest BCUT2D eigenvalue weighted by molar-refractivity contribution is 6.31. The molecule has 2 aromatic heterocycles. The Morgan fingerprint density at radius 3 is 2.64 bits per heavy atom. The van der Waals surface area contributed by atoms with E-state index in [1.807, 2.05) is 42.2 Å². The SMILES string of the molecule is Cc1ccc(CC(=O)N2C(C)CN(c3ccc4nncn4n3)CC2C)cc1Cl. The maximum Gasteiger partial charge on any atom is 0.227 e. The van der Waals surface area contributed by atoms with Crippen LogP contribution in [0, 0.1) is 6.92 Å². The summed E-state index contributed by atoms with van der Waals surface area (Å²) in [5.74, 6) is 0.991. The number of aryl methyl sites for hydroxylation is 1. The number of carbonyl (C=O) groups is 1. The summed E-state index contributed by atoms with van der Waals surface area (Å²) in [5, 5.41) is 13.1. The van der Waals surface area contributed by atoms with E-state index in [9.17, 15) is 4.79 Å². The van der Waals surface area contributed by atoms with Crippen LogP contribution in [0.1, 0.15) is 25.0 Å². The van der Waals surface area contributed by atoms with Gasteiger partial charge in [0.05, 0.1) is 6.42 Å². The lowest BCUT2D eigenvalue weighted by Crippen LogP contribution is -2.59. The van der Waals surface area contributed by atoms with Gasteiger partial charge in [-0.05, 0) is 50.1 Å². The van der Waals surface area contributed by atoms with Gasteiger partial charge in [0.15, 0.2) is 5.65 Å². The number of halogens is 1. The monoisotopic (exact) mass is 398 g/mol. The van der Waals surface area contributed by atoms with Gasteiger partial charge in [-0.15, -0.1) is 15.3 Å². The van der Waals surface area contributed by atoms with Crippen LogP contribution < -0.4 is 4.90 Å².